The fraction of sp³-hybridized carbons (Fsp3) is 0.512. The molecule has 0 bridgehead atoms. The van der Waals surface area contributed by atoms with Crippen LogP contribution in [-0.2, 0) is 14.4 Å². The number of para-hydroxylation sites is 1. The third-order valence-corrected chi connectivity index (χ3v) is 5.83. The molecule has 0 aromatic heterocycles. The molecule has 1 fully saturated rings. The van der Waals surface area contributed by atoms with Gasteiger partial charge in [0.15, 0.2) is 17.4 Å². The predicted octanol–water partition coefficient (Wildman–Crippen LogP) is 11.3. The molecular weight excluding hydrogens is 678 g/mol. The van der Waals surface area contributed by atoms with Crippen molar-refractivity contribution >= 4 is 11.8 Å². The normalized spacial score (nSPS) is 13.0. The molecule has 1 aliphatic rings. The van der Waals surface area contributed by atoms with Crippen LogP contribution in [0.1, 0.15) is 114 Å². The number of halogens is 4. The zero-order chi connectivity index (χ0) is 39.5. The van der Waals surface area contributed by atoms with Gasteiger partial charge in [0.25, 0.3) is 11.8 Å². The highest BCUT2D eigenvalue weighted by atomic mass is 19.2. The summed E-state index contributed by atoms with van der Waals surface area (Å²) >= 11 is 0. The topological polar surface area (TPSA) is 74.3 Å². The lowest BCUT2D eigenvalue weighted by atomic mass is 10.1. The Balaban J connectivity index is 0.000000669. The number of imide groups is 1. The Bertz CT molecular complexity index is 1520. The van der Waals surface area contributed by atoms with E-state index in [1.807, 2.05) is 84.0 Å². The van der Waals surface area contributed by atoms with Crippen LogP contribution >= 0.6 is 0 Å². The molecule has 3 aromatic rings. The summed E-state index contributed by atoms with van der Waals surface area (Å²) in [5.41, 5.74) is -1.07. The van der Waals surface area contributed by atoms with Crippen molar-refractivity contribution < 1.29 is 46.2 Å². The molecule has 7 nitrogen and oxygen atoms in total. The Morgan fingerprint density at radius 1 is 0.519 bits per heavy atom. The van der Waals surface area contributed by atoms with Crippen molar-refractivity contribution in [2.75, 3.05) is 0 Å². The number of nitrogens with zero attached hydrogens (tertiary/aromatic N) is 1. The molecule has 0 aliphatic carbocycles. The molecule has 1 saturated heterocycles. The molecule has 1 aliphatic heterocycles. The Morgan fingerprint density at radius 3 is 1.23 bits per heavy atom. The van der Waals surface area contributed by atoms with Crippen LogP contribution < -0.4 is 14.2 Å². The number of hydrogen-bond acceptors (Lipinski definition) is 6. The molecule has 0 atom stereocenters. The average Bonchev–Trinajstić information content (AvgIpc) is 3.29. The van der Waals surface area contributed by atoms with E-state index in [9.17, 15) is 27.2 Å². The van der Waals surface area contributed by atoms with Gasteiger partial charge in [-0.2, -0.15) is 13.8 Å². The van der Waals surface area contributed by atoms with E-state index < -0.39 is 45.8 Å². The molecule has 11 heteroatoms. The van der Waals surface area contributed by atoms with Gasteiger partial charge >= 0.3 is 0 Å². The van der Waals surface area contributed by atoms with Gasteiger partial charge in [-0.3, -0.25) is 14.4 Å². The smallest absolute Gasteiger partial charge is 0.254 e. The van der Waals surface area contributed by atoms with Gasteiger partial charge in [-0.1, -0.05) is 43.3 Å². The van der Waals surface area contributed by atoms with E-state index >= 15 is 0 Å². The molecule has 0 N–H and O–H groups in total. The molecule has 0 unspecified atom stereocenters. The first-order valence-corrected chi connectivity index (χ1v) is 16.7. The number of benzene rings is 3. The number of hydrogen-bond donors (Lipinski definition) is 0. The minimum absolute atomic E-state index is 0. The van der Waals surface area contributed by atoms with Crippen LogP contribution in [0.2, 0.25) is 0 Å². The predicted molar refractivity (Wildman–Crippen MR) is 198 cm³/mol. The number of hydroxylamine groups is 2. The lowest BCUT2D eigenvalue weighted by Crippen LogP contribution is -2.37. The van der Waals surface area contributed by atoms with Crippen molar-refractivity contribution in [2.24, 2.45) is 0 Å². The third-order valence-electron chi connectivity index (χ3n) is 5.83. The summed E-state index contributed by atoms with van der Waals surface area (Å²) in [6.07, 6.45) is 0.545. The molecule has 2 amide bonds. The summed E-state index contributed by atoms with van der Waals surface area (Å²) in [6.45, 7) is 25.2. The van der Waals surface area contributed by atoms with Crippen molar-refractivity contribution in [3.05, 3.63) is 89.0 Å². The molecule has 1 heterocycles. The van der Waals surface area contributed by atoms with E-state index in [1.165, 1.54) is 26.3 Å². The van der Waals surface area contributed by atoms with Gasteiger partial charge in [-0.05, 0) is 121 Å². The second-order valence-electron chi connectivity index (χ2n) is 15.8. The minimum atomic E-state index is -1.51. The number of rotatable bonds is 4. The van der Waals surface area contributed by atoms with Crippen LogP contribution in [0.25, 0.3) is 0 Å². The van der Waals surface area contributed by atoms with E-state index in [0.717, 1.165) is 23.5 Å². The quantitative estimate of drug-likeness (QED) is 0.151. The zero-order valence-electron chi connectivity index (χ0n) is 32.5. The lowest BCUT2D eigenvalue weighted by Gasteiger charge is -2.24. The molecule has 52 heavy (non-hydrogen) atoms. The van der Waals surface area contributed by atoms with Crippen molar-refractivity contribution in [1.82, 2.24) is 5.06 Å². The van der Waals surface area contributed by atoms with Gasteiger partial charge in [0.1, 0.15) is 28.3 Å². The molecular formula is C41H59F4NO6. The monoisotopic (exact) mass is 737 g/mol. The summed E-state index contributed by atoms with van der Waals surface area (Å²) in [4.78, 5) is 27.2. The number of amides is 2. The van der Waals surface area contributed by atoms with Crippen molar-refractivity contribution in [2.45, 2.75) is 140 Å². The van der Waals surface area contributed by atoms with Crippen LogP contribution in [0.15, 0.2) is 54.6 Å². The Kier molecular flexibility index (Phi) is 18.1. The maximum atomic E-state index is 13.3. The summed E-state index contributed by atoms with van der Waals surface area (Å²) < 4.78 is 69.1. The second kappa shape index (κ2) is 19.6. The Hall–Kier alpha value is -4.12. The summed E-state index contributed by atoms with van der Waals surface area (Å²) in [6, 6.07) is 18.0. The SMILES string of the molecule is C.CC(C)(C)ON1C(=O)CCC1=O.CC(C)(C)Oc1ccccc1.Cc1c(F)c(F)c(OC(C)(C)C)c(F)c1F.Cc1ccc(OC(C)(C)C)cc1. The Morgan fingerprint density at radius 2 is 0.885 bits per heavy atom. The van der Waals surface area contributed by atoms with E-state index in [4.69, 9.17) is 19.0 Å². The van der Waals surface area contributed by atoms with Gasteiger partial charge in [-0.15, -0.1) is 0 Å². The van der Waals surface area contributed by atoms with E-state index in [1.54, 1.807) is 20.8 Å². The van der Waals surface area contributed by atoms with Crippen molar-refractivity contribution in [1.29, 1.82) is 0 Å². The molecule has 292 valence electrons. The maximum absolute atomic E-state index is 13.3. The molecule has 0 radical (unpaired) electrons. The molecule has 3 aromatic carbocycles. The standard InChI is InChI=1S/C11H12F4O.C11H16O.C10H14O.C8H13NO3.CH4/c1-5-6(12)8(14)10(9(15)7(5)13)16-11(2,3)4;1-9-5-7-10(8-6-9)12-11(2,3)4;1-10(2,3)11-9-7-5-4-6-8-9;1-8(2,3)12-9-6(10)4-5-7(9)11;/h1-4H3;5-8H,1-4H3;4-8H,1-3H3;4-5H2,1-3H3;1H4. The van der Waals surface area contributed by atoms with E-state index in [0.29, 0.717) is 0 Å². The highest BCUT2D eigenvalue weighted by molar-refractivity contribution is 6.00. The fourth-order valence-corrected chi connectivity index (χ4v) is 3.85. The number of carbonyl (C=O) groups is 2. The minimum Gasteiger partial charge on any atom is -0.488 e. The summed E-state index contributed by atoms with van der Waals surface area (Å²) in [5.74, 6) is -5.51. The highest BCUT2D eigenvalue weighted by Gasteiger charge is 2.33. The zero-order valence-corrected chi connectivity index (χ0v) is 32.5. The van der Waals surface area contributed by atoms with Crippen LogP contribution in [0.4, 0.5) is 17.6 Å². The van der Waals surface area contributed by atoms with Crippen LogP contribution in [0.5, 0.6) is 17.2 Å². The van der Waals surface area contributed by atoms with Gasteiger partial charge < -0.3 is 14.2 Å². The van der Waals surface area contributed by atoms with E-state index in [-0.39, 0.29) is 43.3 Å². The molecule has 4 rings (SSSR count). The summed E-state index contributed by atoms with van der Waals surface area (Å²) in [7, 11) is 0. The first-order chi connectivity index (χ1) is 23.1. The lowest BCUT2D eigenvalue weighted by molar-refractivity contribution is -0.218. The maximum Gasteiger partial charge on any atom is 0.254 e. The summed E-state index contributed by atoms with van der Waals surface area (Å²) in [5, 5.41) is 0.875. The molecule has 0 spiro atoms. The van der Waals surface area contributed by atoms with Gasteiger partial charge in [0, 0.05) is 18.4 Å². The Labute approximate surface area is 308 Å². The van der Waals surface area contributed by atoms with E-state index in [2.05, 4.69) is 19.1 Å². The van der Waals surface area contributed by atoms with Crippen molar-refractivity contribution in [3.63, 3.8) is 0 Å². The van der Waals surface area contributed by atoms with Crippen LogP contribution in [-0.4, -0.2) is 39.3 Å². The fourth-order valence-electron chi connectivity index (χ4n) is 3.85. The third kappa shape index (κ3) is 18.4. The largest absolute Gasteiger partial charge is 0.488 e. The average molecular weight is 738 g/mol. The van der Waals surface area contributed by atoms with Gasteiger partial charge in [0.05, 0.1) is 5.60 Å². The molecule has 0 saturated carbocycles. The number of carbonyl (C=O) groups excluding carboxylic acids is 2. The first-order valence-electron chi connectivity index (χ1n) is 16.7. The van der Waals surface area contributed by atoms with Crippen LogP contribution in [0.3, 0.4) is 0 Å². The number of ether oxygens (including phenoxy) is 3. The van der Waals surface area contributed by atoms with Gasteiger partial charge in [-0.25, -0.2) is 8.78 Å². The van der Waals surface area contributed by atoms with Crippen molar-refractivity contribution in [3.8, 4) is 17.2 Å². The first kappa shape index (κ1) is 47.9. The highest BCUT2D eigenvalue weighted by Crippen LogP contribution is 2.32. The van der Waals surface area contributed by atoms with Crippen LogP contribution in [0, 0.1) is 37.1 Å². The second-order valence-corrected chi connectivity index (χ2v) is 15.8. The number of aryl methyl sites for hydroxylation is 1. The van der Waals surface area contributed by atoms with Gasteiger partial charge in [0.2, 0.25) is 11.6 Å².